The maximum atomic E-state index is 11.9. The number of rotatable bonds is 9. The second kappa shape index (κ2) is 9.07. The molecule has 1 N–H and O–H groups in total. The second-order valence-electron chi connectivity index (χ2n) is 5.58. The predicted molar refractivity (Wildman–Crippen MR) is 95.7 cm³/mol. The number of thioether (sulfide) groups is 1. The molecule has 1 atom stereocenters. The van der Waals surface area contributed by atoms with Crippen LogP contribution in [0.15, 0.2) is 23.2 Å². The molecule has 1 aromatic rings. The number of aromatic hydroxyl groups is 1. The molecule has 2 rings (SSSR count). The van der Waals surface area contributed by atoms with Crippen LogP contribution < -0.4 is 4.74 Å². The van der Waals surface area contributed by atoms with Gasteiger partial charge in [0.05, 0.1) is 32.5 Å². The summed E-state index contributed by atoms with van der Waals surface area (Å²) in [6, 6.07) is 5.19. The van der Waals surface area contributed by atoms with Crippen molar-refractivity contribution in [2.24, 2.45) is 4.99 Å². The van der Waals surface area contributed by atoms with Crippen LogP contribution in [0.4, 0.5) is 0 Å². The van der Waals surface area contributed by atoms with Gasteiger partial charge in [-0.15, -0.1) is 11.8 Å². The van der Waals surface area contributed by atoms with Crippen LogP contribution >= 0.6 is 11.8 Å². The molecule has 1 aromatic carbocycles. The molecule has 0 unspecified atom stereocenters. The van der Waals surface area contributed by atoms with Crippen molar-refractivity contribution in [1.29, 1.82) is 0 Å². The molecular formula is C17H23NO6S. The van der Waals surface area contributed by atoms with Crippen LogP contribution in [-0.4, -0.2) is 68.1 Å². The molecule has 0 aliphatic carbocycles. The minimum Gasteiger partial charge on any atom is -0.504 e. The number of esters is 1. The Balaban J connectivity index is 2.03. The summed E-state index contributed by atoms with van der Waals surface area (Å²) >= 11 is 1.40. The molecule has 1 aliphatic rings. The van der Waals surface area contributed by atoms with Crippen molar-refractivity contribution >= 4 is 22.8 Å². The summed E-state index contributed by atoms with van der Waals surface area (Å²) in [7, 11) is 2.95. The largest absolute Gasteiger partial charge is 0.504 e. The molecule has 138 valence electrons. The molecule has 8 heteroatoms. The van der Waals surface area contributed by atoms with Gasteiger partial charge in [0.15, 0.2) is 17.0 Å². The van der Waals surface area contributed by atoms with Gasteiger partial charge < -0.3 is 24.1 Å². The third-order valence-corrected chi connectivity index (χ3v) is 4.90. The third-order valence-electron chi connectivity index (χ3n) is 3.61. The highest BCUT2D eigenvalue weighted by Crippen LogP contribution is 2.38. The van der Waals surface area contributed by atoms with Gasteiger partial charge in [0.1, 0.15) is 11.7 Å². The van der Waals surface area contributed by atoms with E-state index < -0.39 is 11.5 Å². The molecule has 0 fully saturated rings. The van der Waals surface area contributed by atoms with Gasteiger partial charge in [0.25, 0.3) is 0 Å². The highest BCUT2D eigenvalue weighted by Gasteiger charge is 2.40. The van der Waals surface area contributed by atoms with E-state index in [0.29, 0.717) is 48.5 Å². The number of hydrogen-bond donors (Lipinski definition) is 1. The first kappa shape index (κ1) is 19.6. The summed E-state index contributed by atoms with van der Waals surface area (Å²) in [5.41, 5.74) is -0.400. The summed E-state index contributed by atoms with van der Waals surface area (Å²) in [6.45, 7) is 3.43. The Morgan fingerprint density at radius 2 is 2.04 bits per heavy atom. The number of hydrogen-bond acceptors (Lipinski definition) is 8. The highest BCUT2D eigenvalue weighted by molar-refractivity contribution is 8.14. The highest BCUT2D eigenvalue weighted by atomic mass is 32.2. The fourth-order valence-corrected chi connectivity index (χ4v) is 3.41. The van der Waals surface area contributed by atoms with Crippen molar-refractivity contribution in [3.8, 4) is 11.5 Å². The average Bonchev–Trinajstić information content (AvgIpc) is 3.02. The van der Waals surface area contributed by atoms with Gasteiger partial charge >= 0.3 is 5.97 Å². The van der Waals surface area contributed by atoms with Gasteiger partial charge in [0, 0.05) is 12.9 Å². The zero-order valence-electron chi connectivity index (χ0n) is 14.6. The lowest BCUT2D eigenvalue weighted by atomic mass is 10.1. The number of phenols is 1. The first-order chi connectivity index (χ1) is 12.0. The molecule has 25 heavy (non-hydrogen) atoms. The van der Waals surface area contributed by atoms with Crippen molar-refractivity contribution in [1.82, 2.24) is 0 Å². The number of carbonyl (C=O) groups is 1. The van der Waals surface area contributed by atoms with E-state index in [0.717, 1.165) is 0 Å². The summed E-state index contributed by atoms with van der Waals surface area (Å²) in [5.74, 6) is 0.421. The summed E-state index contributed by atoms with van der Waals surface area (Å²) < 4.78 is 20.6. The van der Waals surface area contributed by atoms with Crippen molar-refractivity contribution in [3.05, 3.63) is 23.8 Å². The first-order valence-electron chi connectivity index (χ1n) is 7.84. The normalized spacial score (nSPS) is 19.6. The van der Waals surface area contributed by atoms with Crippen LogP contribution in [0, 0.1) is 0 Å². The van der Waals surface area contributed by atoms with Gasteiger partial charge in [0.2, 0.25) is 0 Å². The predicted octanol–water partition coefficient (Wildman–Crippen LogP) is 1.86. The number of carbonyl (C=O) groups excluding carboxylic acids is 1. The minimum atomic E-state index is -0.937. The van der Waals surface area contributed by atoms with Crippen LogP contribution in [-0.2, 0) is 19.0 Å². The van der Waals surface area contributed by atoms with E-state index in [9.17, 15) is 9.90 Å². The summed E-state index contributed by atoms with van der Waals surface area (Å²) in [4.78, 5) is 16.3. The van der Waals surface area contributed by atoms with Crippen LogP contribution in [0.2, 0.25) is 0 Å². The van der Waals surface area contributed by atoms with Crippen LogP contribution in [0.3, 0.4) is 0 Å². The van der Waals surface area contributed by atoms with Gasteiger partial charge in [-0.25, -0.2) is 4.79 Å². The van der Waals surface area contributed by atoms with Gasteiger partial charge in [-0.2, -0.15) is 0 Å². The maximum Gasteiger partial charge on any atom is 0.334 e. The van der Waals surface area contributed by atoms with Crippen molar-refractivity contribution in [2.75, 3.05) is 46.4 Å². The number of para-hydroxylation sites is 1. The summed E-state index contributed by atoms with van der Waals surface area (Å²) in [6.07, 6.45) is 0. The Hall–Kier alpha value is -1.77. The Labute approximate surface area is 151 Å². The van der Waals surface area contributed by atoms with E-state index in [1.54, 1.807) is 32.2 Å². The topological polar surface area (TPSA) is 86.6 Å². The van der Waals surface area contributed by atoms with E-state index in [1.807, 2.05) is 0 Å². The lowest BCUT2D eigenvalue weighted by Crippen LogP contribution is -2.34. The smallest absolute Gasteiger partial charge is 0.334 e. The number of phenolic OH excluding ortho intramolecular Hbond substituents is 1. The SMILES string of the molecule is COCCOCCOc1cccc(C2=N[C@@](C)(C(=O)OC)CS2)c1O. The number of aliphatic imine (C=N–C) groups is 1. The Morgan fingerprint density at radius 1 is 1.28 bits per heavy atom. The van der Waals surface area contributed by atoms with E-state index in [1.165, 1.54) is 18.9 Å². The third kappa shape index (κ3) is 4.87. The number of nitrogens with zero attached hydrogens (tertiary/aromatic N) is 1. The Bertz CT molecular complexity index is 636. The Morgan fingerprint density at radius 3 is 2.76 bits per heavy atom. The van der Waals surface area contributed by atoms with Gasteiger partial charge in [-0.3, -0.25) is 4.99 Å². The average molecular weight is 369 g/mol. The zero-order valence-corrected chi connectivity index (χ0v) is 15.4. The van der Waals surface area contributed by atoms with Crippen molar-refractivity contribution < 1.29 is 28.8 Å². The fraction of sp³-hybridized carbons (Fsp3) is 0.529. The molecule has 0 saturated carbocycles. The summed E-state index contributed by atoms with van der Waals surface area (Å²) in [5, 5.41) is 11.0. The number of benzene rings is 1. The molecule has 1 aliphatic heterocycles. The minimum absolute atomic E-state index is 0.000225. The Kier molecular flexibility index (Phi) is 7.10. The van der Waals surface area contributed by atoms with Crippen molar-refractivity contribution in [2.45, 2.75) is 12.5 Å². The van der Waals surface area contributed by atoms with Crippen molar-refractivity contribution in [3.63, 3.8) is 0 Å². The zero-order chi connectivity index (χ0) is 18.3. The van der Waals surface area contributed by atoms with Gasteiger partial charge in [-0.1, -0.05) is 6.07 Å². The maximum absolute atomic E-state index is 11.9. The van der Waals surface area contributed by atoms with E-state index >= 15 is 0 Å². The quantitative estimate of drug-likeness (QED) is 0.525. The first-order valence-corrected chi connectivity index (χ1v) is 8.83. The molecule has 0 bridgehead atoms. The van der Waals surface area contributed by atoms with Crippen LogP contribution in [0.25, 0.3) is 0 Å². The molecule has 0 spiro atoms. The number of methoxy groups -OCH3 is 2. The molecule has 1 heterocycles. The van der Waals surface area contributed by atoms with E-state index in [-0.39, 0.29) is 5.75 Å². The lowest BCUT2D eigenvalue weighted by Gasteiger charge is -2.15. The van der Waals surface area contributed by atoms with Crippen LogP contribution in [0.1, 0.15) is 12.5 Å². The fourth-order valence-electron chi connectivity index (χ4n) is 2.23. The number of ether oxygens (including phenoxy) is 4. The van der Waals surface area contributed by atoms with E-state index in [2.05, 4.69) is 4.99 Å². The monoisotopic (exact) mass is 369 g/mol. The molecule has 0 radical (unpaired) electrons. The molecule has 0 saturated heterocycles. The lowest BCUT2D eigenvalue weighted by molar-refractivity contribution is -0.145. The van der Waals surface area contributed by atoms with Gasteiger partial charge in [-0.05, 0) is 19.1 Å². The molecule has 7 nitrogen and oxygen atoms in total. The standard InChI is InChI=1S/C17H23NO6S/c1-17(16(20)22-3)11-25-15(18-17)12-5-4-6-13(14(12)19)24-10-9-23-8-7-21-2/h4-6,19H,7-11H2,1-3H3/t17-/m1/s1. The molecular weight excluding hydrogens is 346 g/mol. The van der Waals surface area contributed by atoms with Crippen LogP contribution in [0.5, 0.6) is 11.5 Å². The molecule has 0 amide bonds. The second-order valence-corrected chi connectivity index (χ2v) is 6.54. The van der Waals surface area contributed by atoms with E-state index in [4.69, 9.17) is 18.9 Å². The molecule has 0 aromatic heterocycles.